The minimum Gasteiger partial charge on any atom is -0.318 e. The molecule has 2 aromatic heterocycles. The quantitative estimate of drug-likeness (QED) is 0.510. The summed E-state index contributed by atoms with van der Waals surface area (Å²) in [6.45, 7) is 0. The van der Waals surface area contributed by atoms with E-state index in [2.05, 4.69) is 9.98 Å². The third-order valence-electron chi connectivity index (χ3n) is 3.55. The minimum atomic E-state index is -0.265. The van der Waals surface area contributed by atoms with Crippen LogP contribution in [0.1, 0.15) is 10.4 Å². The molecule has 0 aliphatic rings. The lowest BCUT2D eigenvalue weighted by molar-refractivity contribution is 0.0998. The first kappa shape index (κ1) is 14.6. The number of hydrogen-bond donors (Lipinski definition) is 0. The predicted molar refractivity (Wildman–Crippen MR) is 95.3 cm³/mol. The number of aryl methyl sites for hydroxylation is 1. The summed E-state index contributed by atoms with van der Waals surface area (Å²) in [7, 11) is 1.86. The van der Waals surface area contributed by atoms with Crippen LogP contribution in [-0.4, -0.2) is 15.5 Å². The van der Waals surface area contributed by atoms with Crippen LogP contribution in [0.5, 0.6) is 0 Å². The first-order chi connectivity index (χ1) is 11.1. The molecular formula is C16H10ClN3OS2. The second-order valence-corrected chi connectivity index (χ2v) is 7.28. The summed E-state index contributed by atoms with van der Waals surface area (Å²) >= 11 is 9.19. The van der Waals surface area contributed by atoms with E-state index in [-0.39, 0.29) is 5.91 Å². The van der Waals surface area contributed by atoms with Crippen LogP contribution in [0, 0.1) is 0 Å². The molecule has 0 N–H and O–H groups in total. The van der Waals surface area contributed by atoms with Crippen molar-refractivity contribution in [1.82, 2.24) is 9.55 Å². The van der Waals surface area contributed by atoms with Crippen LogP contribution in [0.3, 0.4) is 0 Å². The third-order valence-corrected chi connectivity index (χ3v) is 5.74. The van der Waals surface area contributed by atoms with E-state index >= 15 is 0 Å². The Balaban J connectivity index is 1.84. The van der Waals surface area contributed by atoms with Gasteiger partial charge < -0.3 is 4.57 Å². The Kier molecular flexibility index (Phi) is 3.52. The number of nitrogens with zero attached hydrogens (tertiary/aromatic N) is 3. The Labute approximate surface area is 144 Å². The molecule has 4 aromatic rings. The van der Waals surface area contributed by atoms with Gasteiger partial charge in [0.1, 0.15) is 0 Å². The number of carbonyl (C=O) groups is 1. The van der Waals surface area contributed by atoms with Gasteiger partial charge in [0.2, 0.25) is 0 Å². The maximum Gasteiger partial charge on any atom is 0.279 e. The van der Waals surface area contributed by atoms with Gasteiger partial charge in [0.05, 0.1) is 31.0 Å². The number of rotatable bonds is 1. The van der Waals surface area contributed by atoms with E-state index in [9.17, 15) is 4.79 Å². The number of para-hydroxylation sites is 1. The molecule has 7 heteroatoms. The molecule has 2 heterocycles. The molecule has 0 aliphatic carbocycles. The second-order valence-electron chi connectivity index (χ2n) is 4.98. The molecule has 4 rings (SSSR count). The number of amides is 1. The van der Waals surface area contributed by atoms with E-state index in [0.29, 0.717) is 15.4 Å². The summed E-state index contributed by atoms with van der Waals surface area (Å²) in [6.07, 6.45) is 0. The van der Waals surface area contributed by atoms with Crippen LogP contribution < -0.4 is 4.80 Å². The van der Waals surface area contributed by atoms with E-state index in [0.717, 1.165) is 20.4 Å². The normalized spacial score (nSPS) is 12.3. The van der Waals surface area contributed by atoms with Gasteiger partial charge in [-0.3, -0.25) is 4.79 Å². The molecule has 0 fully saturated rings. The Hall–Kier alpha value is -2.02. The van der Waals surface area contributed by atoms with Crippen LogP contribution in [0.4, 0.5) is 0 Å². The monoisotopic (exact) mass is 359 g/mol. The highest BCUT2D eigenvalue weighted by atomic mass is 35.5. The molecule has 4 nitrogen and oxygen atoms in total. The lowest BCUT2D eigenvalue weighted by Crippen LogP contribution is -2.13. The molecular weight excluding hydrogens is 350 g/mol. The van der Waals surface area contributed by atoms with Crippen molar-refractivity contribution in [2.45, 2.75) is 0 Å². The van der Waals surface area contributed by atoms with E-state index in [1.54, 1.807) is 11.6 Å². The zero-order chi connectivity index (χ0) is 16.0. The fraction of sp³-hybridized carbons (Fsp3) is 0.0625. The molecule has 0 bridgehead atoms. The second kappa shape index (κ2) is 5.56. The summed E-state index contributed by atoms with van der Waals surface area (Å²) in [6, 6.07) is 11.1. The summed E-state index contributed by atoms with van der Waals surface area (Å²) in [5.41, 5.74) is 4.11. The van der Waals surface area contributed by atoms with Crippen molar-refractivity contribution in [2.75, 3.05) is 0 Å². The third kappa shape index (κ3) is 2.49. The number of hydrogen-bond acceptors (Lipinski definition) is 4. The molecule has 2 aromatic carbocycles. The van der Waals surface area contributed by atoms with Crippen molar-refractivity contribution in [3.05, 3.63) is 57.3 Å². The summed E-state index contributed by atoms with van der Waals surface area (Å²) in [5.74, 6) is -0.265. The highest BCUT2D eigenvalue weighted by Gasteiger charge is 2.10. The van der Waals surface area contributed by atoms with Crippen molar-refractivity contribution < 1.29 is 4.79 Å². The fourth-order valence-corrected chi connectivity index (χ4v) is 4.52. The zero-order valence-electron chi connectivity index (χ0n) is 12.0. The maximum atomic E-state index is 12.5. The van der Waals surface area contributed by atoms with Gasteiger partial charge >= 0.3 is 0 Å². The molecule has 0 saturated heterocycles. The molecule has 0 saturated carbocycles. The summed E-state index contributed by atoms with van der Waals surface area (Å²) in [5, 5.41) is 0.654. The van der Waals surface area contributed by atoms with Crippen molar-refractivity contribution >= 4 is 60.6 Å². The predicted octanol–water partition coefficient (Wildman–Crippen LogP) is 4.24. The average molecular weight is 360 g/mol. The lowest BCUT2D eigenvalue weighted by atomic mass is 10.2. The van der Waals surface area contributed by atoms with E-state index in [1.807, 2.05) is 41.9 Å². The average Bonchev–Trinajstić information content (AvgIpc) is 3.12. The molecule has 0 spiro atoms. The number of carbonyl (C=O) groups excluding carboxylic acids is 1. The fourth-order valence-electron chi connectivity index (χ4n) is 2.40. The lowest BCUT2D eigenvalue weighted by Gasteiger charge is -1.98. The van der Waals surface area contributed by atoms with E-state index in [4.69, 9.17) is 11.6 Å². The van der Waals surface area contributed by atoms with Gasteiger partial charge in [-0.2, -0.15) is 4.99 Å². The van der Waals surface area contributed by atoms with Crippen LogP contribution >= 0.6 is 34.3 Å². The van der Waals surface area contributed by atoms with E-state index < -0.39 is 0 Å². The highest BCUT2D eigenvalue weighted by Crippen LogP contribution is 2.24. The number of thiazole rings is 2. The van der Waals surface area contributed by atoms with Crippen LogP contribution in [0.25, 0.3) is 20.4 Å². The van der Waals surface area contributed by atoms with Gasteiger partial charge in [-0.1, -0.05) is 29.0 Å². The molecule has 0 radical (unpaired) electrons. The van der Waals surface area contributed by atoms with Gasteiger partial charge in [0, 0.05) is 12.6 Å². The zero-order valence-corrected chi connectivity index (χ0v) is 14.4. The minimum absolute atomic E-state index is 0.265. The number of benzene rings is 2. The first-order valence-corrected chi connectivity index (χ1v) is 8.87. The largest absolute Gasteiger partial charge is 0.318 e. The van der Waals surface area contributed by atoms with E-state index in [1.165, 1.54) is 22.7 Å². The molecule has 0 aliphatic heterocycles. The SMILES string of the molecule is Cn1c(=NC(=O)c2ccc3ncsc3c2)sc2cccc(Cl)c21. The Morgan fingerprint density at radius 3 is 2.96 bits per heavy atom. The Bertz CT molecular complexity index is 1120. The number of fused-ring (bicyclic) bond motifs is 2. The first-order valence-electron chi connectivity index (χ1n) is 6.80. The molecule has 1 amide bonds. The van der Waals surface area contributed by atoms with Crippen molar-refractivity contribution in [1.29, 1.82) is 0 Å². The molecule has 0 unspecified atom stereocenters. The standard InChI is InChI=1S/C16H10ClN3OS2/c1-20-14-10(17)3-2-4-12(14)23-16(20)19-15(21)9-5-6-11-13(7-9)22-8-18-11/h2-8H,1H3. The maximum absolute atomic E-state index is 12.5. The van der Waals surface area contributed by atoms with Crippen LogP contribution in [-0.2, 0) is 7.05 Å². The summed E-state index contributed by atoms with van der Waals surface area (Å²) in [4.78, 5) is 21.6. The van der Waals surface area contributed by atoms with Gasteiger partial charge in [0.15, 0.2) is 4.80 Å². The van der Waals surface area contributed by atoms with Crippen LogP contribution in [0.2, 0.25) is 5.02 Å². The van der Waals surface area contributed by atoms with Gasteiger partial charge in [-0.25, -0.2) is 4.98 Å². The highest BCUT2D eigenvalue weighted by molar-refractivity contribution is 7.17. The topological polar surface area (TPSA) is 47.2 Å². The molecule has 23 heavy (non-hydrogen) atoms. The van der Waals surface area contributed by atoms with Gasteiger partial charge in [-0.05, 0) is 30.3 Å². The Morgan fingerprint density at radius 2 is 2.13 bits per heavy atom. The molecule has 0 atom stereocenters. The van der Waals surface area contributed by atoms with Crippen molar-refractivity contribution in [3.63, 3.8) is 0 Å². The van der Waals surface area contributed by atoms with Gasteiger partial charge in [-0.15, -0.1) is 11.3 Å². The number of halogens is 1. The molecule has 114 valence electrons. The van der Waals surface area contributed by atoms with Gasteiger partial charge in [0.25, 0.3) is 5.91 Å². The summed E-state index contributed by atoms with van der Waals surface area (Å²) < 4.78 is 3.84. The smallest absolute Gasteiger partial charge is 0.279 e. The van der Waals surface area contributed by atoms with Crippen molar-refractivity contribution in [3.8, 4) is 0 Å². The van der Waals surface area contributed by atoms with Crippen molar-refractivity contribution in [2.24, 2.45) is 12.0 Å². The Morgan fingerprint density at radius 1 is 1.26 bits per heavy atom. The van der Waals surface area contributed by atoms with Crippen LogP contribution in [0.15, 0.2) is 46.9 Å². The number of aromatic nitrogens is 2.